The SMILES string of the molecule is N#CC(C(=O)OCC(COC(=O)C(C#N)=C(c1ccccc1)c1ccccc1)(OC(=O)C(C#N)=C(c1ccccc1)c1ccccc1)OC(=O)C(C#N)=C(c1ccccc1)c1ccccc1)=C(c1ccccc1)c1ccccc1. The van der Waals surface area contributed by atoms with Crippen LogP contribution in [0.1, 0.15) is 44.5 Å². The van der Waals surface area contributed by atoms with Gasteiger partial charge in [-0.1, -0.05) is 243 Å². The molecule has 0 aliphatic heterocycles. The van der Waals surface area contributed by atoms with E-state index in [9.17, 15) is 30.6 Å². The standard InChI is InChI=1S/C67H44N4O8/c68-41-55(59(47-25-9-1-10-26-47)48-27-11-2-12-28-48)63(72)76-45-67(78-65(74)57(43-70)61(51-33-17-5-18-34-51)52-35-19-6-20-36-52,79-66(75)58(44-71)62(53-37-21-7-22-38-53)54-39-23-8-24-40-54)46-77-64(73)56(42-69)60(49-29-13-3-14-30-49)50-31-15-4-16-32-50/h1-40H,45-46H2. The Labute approximate surface area is 456 Å². The second-order valence-electron chi connectivity index (χ2n) is 17.2. The fourth-order valence-electron chi connectivity index (χ4n) is 8.59. The van der Waals surface area contributed by atoms with Crippen molar-refractivity contribution in [3.8, 4) is 24.3 Å². The second kappa shape index (κ2) is 26.2. The van der Waals surface area contributed by atoms with Crippen LogP contribution in [0.5, 0.6) is 0 Å². The summed E-state index contributed by atoms with van der Waals surface area (Å²) in [6.07, 6.45) is 0. The number of nitriles is 4. The molecule has 0 aliphatic rings. The third-order valence-corrected chi connectivity index (χ3v) is 12.2. The van der Waals surface area contributed by atoms with Gasteiger partial charge in [0.1, 0.15) is 46.6 Å². The smallest absolute Gasteiger partial charge is 0.353 e. The van der Waals surface area contributed by atoms with Gasteiger partial charge in [0.15, 0.2) is 13.2 Å². The summed E-state index contributed by atoms with van der Waals surface area (Å²) in [5.74, 6) is -8.67. The summed E-state index contributed by atoms with van der Waals surface area (Å²) in [7, 11) is 0. The van der Waals surface area contributed by atoms with E-state index in [4.69, 9.17) is 18.9 Å². The van der Waals surface area contributed by atoms with Crippen LogP contribution in [-0.4, -0.2) is 42.9 Å². The van der Waals surface area contributed by atoms with Gasteiger partial charge in [0.25, 0.3) is 0 Å². The van der Waals surface area contributed by atoms with Gasteiger partial charge in [-0.15, -0.1) is 0 Å². The van der Waals surface area contributed by atoms with Gasteiger partial charge in [0, 0.05) is 22.3 Å². The topological polar surface area (TPSA) is 200 Å². The van der Waals surface area contributed by atoms with E-state index >= 15 is 9.59 Å². The lowest BCUT2D eigenvalue weighted by Crippen LogP contribution is -2.50. The largest absolute Gasteiger partial charge is 0.453 e. The number of ether oxygens (including phenoxy) is 4. The van der Waals surface area contributed by atoms with Crippen LogP contribution in [0, 0.1) is 45.3 Å². The molecule has 0 N–H and O–H groups in total. The summed E-state index contributed by atoms with van der Waals surface area (Å²) in [5, 5.41) is 43.6. The zero-order chi connectivity index (χ0) is 55.4. The molecule has 0 unspecified atom stereocenters. The Morgan fingerprint density at radius 1 is 0.278 bits per heavy atom. The molecule has 0 fully saturated rings. The van der Waals surface area contributed by atoms with E-state index in [1.54, 1.807) is 243 Å². The van der Waals surface area contributed by atoms with Crippen LogP contribution >= 0.6 is 0 Å². The molecule has 8 aromatic rings. The maximum atomic E-state index is 15.2. The Morgan fingerprint density at radius 2 is 0.443 bits per heavy atom. The van der Waals surface area contributed by atoms with Crippen LogP contribution in [0.4, 0.5) is 0 Å². The molecule has 0 aromatic heterocycles. The lowest BCUT2D eigenvalue weighted by molar-refractivity contribution is -0.253. The van der Waals surface area contributed by atoms with Crippen molar-refractivity contribution in [1.82, 2.24) is 0 Å². The fraction of sp³-hybridized carbons (Fsp3) is 0.0448. The van der Waals surface area contributed by atoms with Crippen LogP contribution in [0.3, 0.4) is 0 Å². The Morgan fingerprint density at radius 3 is 0.608 bits per heavy atom. The highest BCUT2D eigenvalue weighted by Gasteiger charge is 2.46. The Bertz CT molecular complexity index is 3380. The first kappa shape index (κ1) is 53.8. The van der Waals surface area contributed by atoms with Crippen molar-refractivity contribution in [3.05, 3.63) is 309 Å². The number of hydrogen-bond donors (Lipinski definition) is 0. The summed E-state index contributed by atoms with van der Waals surface area (Å²) >= 11 is 0. The quantitative estimate of drug-likeness (QED) is 0.0259. The van der Waals surface area contributed by atoms with Crippen molar-refractivity contribution in [1.29, 1.82) is 21.0 Å². The molecule has 0 saturated heterocycles. The number of nitrogens with zero attached hydrogens (tertiary/aromatic N) is 4. The van der Waals surface area contributed by atoms with E-state index in [0.717, 1.165) is 0 Å². The van der Waals surface area contributed by atoms with Crippen molar-refractivity contribution in [2.45, 2.75) is 5.79 Å². The van der Waals surface area contributed by atoms with Gasteiger partial charge in [0.05, 0.1) is 0 Å². The second-order valence-corrected chi connectivity index (χ2v) is 17.2. The summed E-state index contributed by atoms with van der Waals surface area (Å²) in [4.78, 5) is 59.9. The van der Waals surface area contributed by atoms with E-state index in [1.807, 2.05) is 24.3 Å². The Balaban J connectivity index is 1.35. The molecule has 0 radical (unpaired) electrons. The molecule has 8 rings (SSSR count). The van der Waals surface area contributed by atoms with Crippen molar-refractivity contribution < 1.29 is 38.1 Å². The van der Waals surface area contributed by atoms with Gasteiger partial charge in [-0.3, -0.25) is 0 Å². The predicted molar refractivity (Wildman–Crippen MR) is 295 cm³/mol. The van der Waals surface area contributed by atoms with Gasteiger partial charge in [0.2, 0.25) is 0 Å². The minimum atomic E-state index is -3.12. The molecule has 79 heavy (non-hydrogen) atoms. The van der Waals surface area contributed by atoms with Gasteiger partial charge in [-0.05, 0) is 44.5 Å². The minimum absolute atomic E-state index is 0.0751. The van der Waals surface area contributed by atoms with Gasteiger partial charge < -0.3 is 18.9 Å². The molecule has 0 aliphatic carbocycles. The third-order valence-electron chi connectivity index (χ3n) is 12.2. The lowest BCUT2D eigenvalue weighted by atomic mass is 9.93. The number of carbonyl (C=O) groups excluding carboxylic acids is 4. The van der Waals surface area contributed by atoms with E-state index in [0.29, 0.717) is 44.5 Å². The number of carbonyl (C=O) groups is 4. The molecule has 0 saturated carbocycles. The van der Waals surface area contributed by atoms with Crippen molar-refractivity contribution in [3.63, 3.8) is 0 Å². The first-order valence-corrected chi connectivity index (χ1v) is 24.5. The Kier molecular flexibility index (Phi) is 17.8. The molecular weight excluding hydrogens is 989 g/mol. The predicted octanol–water partition coefficient (Wildman–Crippen LogP) is 12.0. The highest BCUT2D eigenvalue weighted by Crippen LogP contribution is 2.34. The highest BCUT2D eigenvalue weighted by molar-refractivity contribution is 6.08. The van der Waals surface area contributed by atoms with Crippen LogP contribution in [0.25, 0.3) is 22.3 Å². The molecule has 0 amide bonds. The zero-order valence-electron chi connectivity index (χ0n) is 42.1. The minimum Gasteiger partial charge on any atom is -0.453 e. The molecule has 0 heterocycles. The summed E-state index contributed by atoms with van der Waals surface area (Å²) in [6.45, 7) is -2.66. The van der Waals surface area contributed by atoms with Crippen molar-refractivity contribution in [2.24, 2.45) is 0 Å². The van der Waals surface area contributed by atoms with Crippen LogP contribution in [-0.2, 0) is 38.1 Å². The lowest BCUT2D eigenvalue weighted by Gasteiger charge is -2.32. The molecule has 0 atom stereocenters. The first-order valence-electron chi connectivity index (χ1n) is 24.5. The Hall–Kier alpha value is -11.4. The zero-order valence-corrected chi connectivity index (χ0v) is 42.1. The monoisotopic (exact) mass is 1030 g/mol. The highest BCUT2D eigenvalue weighted by atomic mass is 16.8. The normalized spacial score (nSPS) is 10.3. The fourth-order valence-corrected chi connectivity index (χ4v) is 8.59. The van der Waals surface area contributed by atoms with Gasteiger partial charge >= 0.3 is 29.7 Å². The van der Waals surface area contributed by atoms with E-state index in [-0.39, 0.29) is 22.3 Å². The van der Waals surface area contributed by atoms with Crippen molar-refractivity contribution >= 4 is 46.2 Å². The average molecular weight is 1030 g/mol. The van der Waals surface area contributed by atoms with E-state index in [2.05, 4.69) is 0 Å². The maximum absolute atomic E-state index is 15.2. The average Bonchev–Trinajstić information content (AvgIpc) is 3.52. The van der Waals surface area contributed by atoms with E-state index < -0.39 is 65.2 Å². The van der Waals surface area contributed by atoms with Gasteiger partial charge in [-0.2, -0.15) is 21.0 Å². The molecule has 0 bridgehead atoms. The molecule has 8 aromatic carbocycles. The summed E-state index contributed by atoms with van der Waals surface area (Å²) < 4.78 is 24.3. The summed E-state index contributed by atoms with van der Waals surface area (Å²) in [6, 6.07) is 75.6. The first-order chi connectivity index (χ1) is 38.7. The molecule has 12 nitrogen and oxygen atoms in total. The van der Waals surface area contributed by atoms with Crippen LogP contribution in [0.15, 0.2) is 265 Å². The number of hydrogen-bond acceptors (Lipinski definition) is 12. The molecule has 380 valence electrons. The third kappa shape index (κ3) is 12.9. The molecule has 0 spiro atoms. The molecular formula is C67H44N4O8. The van der Waals surface area contributed by atoms with Crippen LogP contribution in [0.2, 0.25) is 0 Å². The number of benzene rings is 8. The van der Waals surface area contributed by atoms with Gasteiger partial charge in [-0.25, -0.2) is 19.2 Å². The van der Waals surface area contributed by atoms with Crippen molar-refractivity contribution in [2.75, 3.05) is 13.2 Å². The molecule has 12 heteroatoms. The number of esters is 4. The maximum Gasteiger partial charge on any atom is 0.353 e. The van der Waals surface area contributed by atoms with Crippen LogP contribution < -0.4 is 0 Å². The number of rotatable bonds is 18. The van der Waals surface area contributed by atoms with E-state index in [1.165, 1.54) is 0 Å². The summed E-state index contributed by atoms with van der Waals surface area (Å²) in [5.41, 5.74) is 1.45.